The minimum absolute atomic E-state index is 0.373. The molecule has 6 nitrogen and oxygen atoms in total. The second-order valence-corrected chi connectivity index (χ2v) is 4.90. The van der Waals surface area contributed by atoms with Crippen LogP contribution in [-0.2, 0) is 6.61 Å². The zero-order valence-corrected chi connectivity index (χ0v) is 12.1. The standard InChI is InChI=1S/C15H10ClN5O/c16-13-4-1-11(2-5-13)9-22-15-6-3-12(8-17)7-14(15)21-10-18-19-20-21/h1-7,10H,9H2. The van der Waals surface area contributed by atoms with Crippen LogP contribution in [0.4, 0.5) is 0 Å². The highest BCUT2D eigenvalue weighted by molar-refractivity contribution is 6.30. The molecule has 0 amide bonds. The van der Waals surface area contributed by atoms with Gasteiger partial charge in [0.15, 0.2) is 0 Å². The van der Waals surface area contributed by atoms with Crippen molar-refractivity contribution in [3.05, 3.63) is 64.9 Å². The average Bonchev–Trinajstić information content (AvgIpc) is 3.08. The number of halogens is 1. The van der Waals surface area contributed by atoms with Gasteiger partial charge in [-0.2, -0.15) is 9.94 Å². The van der Waals surface area contributed by atoms with Gasteiger partial charge in [0, 0.05) is 5.02 Å². The Hall–Kier alpha value is -2.91. The minimum Gasteiger partial charge on any atom is -0.487 e. The van der Waals surface area contributed by atoms with Crippen LogP contribution >= 0.6 is 11.6 Å². The molecule has 108 valence electrons. The first-order chi connectivity index (χ1) is 10.8. The predicted molar refractivity (Wildman–Crippen MR) is 79.7 cm³/mol. The molecule has 0 N–H and O–H groups in total. The third kappa shape index (κ3) is 3.05. The molecule has 0 aliphatic heterocycles. The summed E-state index contributed by atoms with van der Waals surface area (Å²) in [6, 6.07) is 14.6. The number of ether oxygens (including phenoxy) is 1. The Labute approximate surface area is 131 Å². The molecule has 0 atom stereocenters. The molecule has 3 aromatic rings. The second kappa shape index (κ2) is 6.24. The largest absolute Gasteiger partial charge is 0.487 e. The van der Waals surface area contributed by atoms with E-state index in [0.29, 0.717) is 28.6 Å². The lowest BCUT2D eigenvalue weighted by atomic mass is 10.2. The van der Waals surface area contributed by atoms with Crippen LogP contribution in [0.1, 0.15) is 11.1 Å². The molecule has 0 saturated heterocycles. The molecule has 3 rings (SSSR count). The number of nitriles is 1. The Bertz CT molecular complexity index is 809. The highest BCUT2D eigenvalue weighted by Crippen LogP contribution is 2.24. The van der Waals surface area contributed by atoms with Crippen molar-refractivity contribution in [2.45, 2.75) is 6.61 Å². The van der Waals surface area contributed by atoms with Gasteiger partial charge in [-0.15, -0.1) is 5.10 Å². The summed E-state index contributed by atoms with van der Waals surface area (Å²) in [5, 5.41) is 20.7. The Morgan fingerprint density at radius 3 is 2.68 bits per heavy atom. The first-order valence-corrected chi connectivity index (χ1v) is 6.79. The first-order valence-electron chi connectivity index (χ1n) is 6.41. The molecule has 1 heterocycles. The van der Waals surface area contributed by atoms with Crippen LogP contribution in [0.3, 0.4) is 0 Å². The quantitative estimate of drug-likeness (QED) is 0.740. The summed E-state index contributed by atoms with van der Waals surface area (Å²) in [6.45, 7) is 0.373. The van der Waals surface area contributed by atoms with Gasteiger partial charge in [-0.3, -0.25) is 0 Å². The van der Waals surface area contributed by atoms with Gasteiger partial charge in [-0.1, -0.05) is 23.7 Å². The molecule has 0 radical (unpaired) electrons. The molecule has 0 fully saturated rings. The van der Waals surface area contributed by atoms with Crippen molar-refractivity contribution in [3.8, 4) is 17.5 Å². The van der Waals surface area contributed by atoms with Crippen LogP contribution in [0, 0.1) is 11.3 Å². The Kier molecular flexibility index (Phi) is 3.99. The van der Waals surface area contributed by atoms with Crippen molar-refractivity contribution < 1.29 is 4.74 Å². The number of rotatable bonds is 4. The van der Waals surface area contributed by atoms with E-state index in [1.807, 2.05) is 12.1 Å². The van der Waals surface area contributed by atoms with Crippen molar-refractivity contribution in [1.29, 1.82) is 5.26 Å². The SMILES string of the molecule is N#Cc1ccc(OCc2ccc(Cl)cc2)c(-n2cnnn2)c1. The molecule has 0 aliphatic carbocycles. The molecule has 0 aliphatic rings. The molecular formula is C15H10ClN5O. The van der Waals surface area contributed by atoms with Gasteiger partial charge in [0.05, 0.1) is 11.6 Å². The Morgan fingerprint density at radius 1 is 1.18 bits per heavy atom. The van der Waals surface area contributed by atoms with E-state index in [1.54, 1.807) is 30.3 Å². The maximum Gasteiger partial charge on any atom is 0.145 e. The molecular weight excluding hydrogens is 302 g/mol. The summed E-state index contributed by atoms with van der Waals surface area (Å²) in [5.74, 6) is 0.584. The lowest BCUT2D eigenvalue weighted by Crippen LogP contribution is -2.02. The fraction of sp³-hybridized carbons (Fsp3) is 0.0667. The third-order valence-corrected chi connectivity index (χ3v) is 3.24. The normalized spacial score (nSPS) is 10.2. The van der Waals surface area contributed by atoms with Gasteiger partial charge < -0.3 is 4.74 Å². The van der Waals surface area contributed by atoms with E-state index in [2.05, 4.69) is 21.6 Å². The van der Waals surface area contributed by atoms with Crippen LogP contribution in [0.25, 0.3) is 5.69 Å². The van der Waals surface area contributed by atoms with Crippen LogP contribution in [0.2, 0.25) is 5.02 Å². The fourth-order valence-corrected chi connectivity index (χ4v) is 2.03. The van der Waals surface area contributed by atoms with Gasteiger partial charge in [0.1, 0.15) is 24.4 Å². The summed E-state index contributed by atoms with van der Waals surface area (Å²) in [6.07, 6.45) is 1.45. The first kappa shape index (κ1) is 14.0. The lowest BCUT2D eigenvalue weighted by Gasteiger charge is -2.11. The molecule has 0 spiro atoms. The zero-order valence-electron chi connectivity index (χ0n) is 11.3. The number of benzene rings is 2. The monoisotopic (exact) mass is 311 g/mol. The highest BCUT2D eigenvalue weighted by atomic mass is 35.5. The van der Waals surface area contributed by atoms with Crippen molar-refractivity contribution in [3.63, 3.8) is 0 Å². The van der Waals surface area contributed by atoms with E-state index < -0.39 is 0 Å². The van der Waals surface area contributed by atoms with E-state index in [1.165, 1.54) is 11.0 Å². The zero-order chi connectivity index (χ0) is 15.4. The molecule has 2 aromatic carbocycles. The van der Waals surface area contributed by atoms with Gasteiger partial charge >= 0.3 is 0 Å². The lowest BCUT2D eigenvalue weighted by molar-refractivity contribution is 0.304. The van der Waals surface area contributed by atoms with Crippen molar-refractivity contribution >= 4 is 11.6 Å². The van der Waals surface area contributed by atoms with Gasteiger partial charge in [0.25, 0.3) is 0 Å². The summed E-state index contributed by atoms with van der Waals surface area (Å²) in [4.78, 5) is 0. The second-order valence-electron chi connectivity index (χ2n) is 4.46. The van der Waals surface area contributed by atoms with E-state index in [0.717, 1.165) is 5.56 Å². The van der Waals surface area contributed by atoms with Gasteiger partial charge in [0.2, 0.25) is 0 Å². The van der Waals surface area contributed by atoms with E-state index in [9.17, 15) is 0 Å². The summed E-state index contributed by atoms with van der Waals surface area (Å²) in [7, 11) is 0. The van der Waals surface area contributed by atoms with Crippen molar-refractivity contribution in [2.24, 2.45) is 0 Å². The fourth-order valence-electron chi connectivity index (χ4n) is 1.90. The van der Waals surface area contributed by atoms with E-state index in [4.69, 9.17) is 21.6 Å². The van der Waals surface area contributed by atoms with E-state index >= 15 is 0 Å². The Morgan fingerprint density at radius 2 is 2.00 bits per heavy atom. The average molecular weight is 312 g/mol. The van der Waals surface area contributed by atoms with Crippen molar-refractivity contribution in [2.75, 3.05) is 0 Å². The molecule has 0 unspecified atom stereocenters. The molecule has 0 saturated carbocycles. The van der Waals surface area contributed by atoms with Crippen LogP contribution in [0.5, 0.6) is 5.75 Å². The van der Waals surface area contributed by atoms with Crippen LogP contribution in [-0.4, -0.2) is 20.2 Å². The number of hydrogen-bond acceptors (Lipinski definition) is 5. The molecule has 1 aromatic heterocycles. The molecule has 7 heteroatoms. The number of tetrazole rings is 1. The van der Waals surface area contributed by atoms with E-state index in [-0.39, 0.29) is 0 Å². The topological polar surface area (TPSA) is 76.6 Å². The minimum atomic E-state index is 0.373. The number of hydrogen-bond donors (Lipinski definition) is 0. The maximum absolute atomic E-state index is 9.02. The summed E-state index contributed by atoms with van der Waals surface area (Å²) in [5.41, 5.74) is 2.10. The highest BCUT2D eigenvalue weighted by Gasteiger charge is 2.09. The van der Waals surface area contributed by atoms with Gasteiger partial charge in [-0.25, -0.2) is 0 Å². The van der Waals surface area contributed by atoms with Crippen molar-refractivity contribution in [1.82, 2.24) is 20.2 Å². The smallest absolute Gasteiger partial charge is 0.145 e. The maximum atomic E-state index is 9.02. The number of nitrogens with zero attached hydrogens (tertiary/aromatic N) is 5. The number of aromatic nitrogens is 4. The third-order valence-electron chi connectivity index (χ3n) is 2.99. The Balaban J connectivity index is 1.87. The van der Waals surface area contributed by atoms with Crippen LogP contribution in [0.15, 0.2) is 48.8 Å². The summed E-state index contributed by atoms with van der Waals surface area (Å²) >= 11 is 5.86. The molecule has 22 heavy (non-hydrogen) atoms. The molecule has 0 bridgehead atoms. The van der Waals surface area contributed by atoms with Gasteiger partial charge in [-0.05, 0) is 46.3 Å². The van der Waals surface area contributed by atoms with Crippen LogP contribution < -0.4 is 4.74 Å². The summed E-state index contributed by atoms with van der Waals surface area (Å²) < 4.78 is 7.27. The predicted octanol–water partition coefficient (Wildman–Crippen LogP) is 2.77.